The van der Waals surface area contributed by atoms with Crippen molar-refractivity contribution in [2.75, 3.05) is 18.4 Å². The molecule has 4 rings (SSSR count). The number of nitrogens with one attached hydrogen (secondary N) is 1. The Morgan fingerprint density at radius 1 is 1.12 bits per heavy atom. The van der Waals surface area contributed by atoms with Crippen LogP contribution in [0.4, 0.5) is 10.1 Å². The number of sulfonamides is 1. The van der Waals surface area contributed by atoms with E-state index in [4.69, 9.17) is 0 Å². The molecule has 1 N–H and O–H groups in total. The van der Waals surface area contributed by atoms with Crippen LogP contribution in [0.1, 0.15) is 58.9 Å². The first-order valence-corrected chi connectivity index (χ1v) is 13.0. The van der Waals surface area contributed by atoms with E-state index >= 15 is 0 Å². The van der Waals surface area contributed by atoms with Crippen molar-refractivity contribution in [2.45, 2.75) is 43.4 Å². The highest BCUT2D eigenvalue weighted by Gasteiger charge is 2.33. The maximum absolute atomic E-state index is 13.2. The summed E-state index contributed by atoms with van der Waals surface area (Å²) in [5, 5.41) is 11.6. The number of rotatable bonds is 6. The fourth-order valence-corrected chi connectivity index (χ4v) is 6.13. The molecule has 0 unspecified atom stereocenters. The molecule has 174 valence electrons. The molecular weight excluding hydrogens is 463 g/mol. The van der Waals surface area contributed by atoms with E-state index in [9.17, 15) is 17.6 Å². The number of aromatic nitrogens is 2. The minimum atomic E-state index is -3.62. The van der Waals surface area contributed by atoms with E-state index < -0.39 is 15.9 Å². The molecule has 1 aliphatic heterocycles. The molecule has 1 saturated heterocycles. The van der Waals surface area contributed by atoms with Gasteiger partial charge >= 0.3 is 0 Å². The maximum Gasteiger partial charge on any atom is 0.286 e. The Morgan fingerprint density at radius 2 is 1.82 bits per heavy atom. The Bertz CT molecular complexity index is 1230. The lowest BCUT2D eigenvalue weighted by molar-refractivity contribution is 0.102. The first-order valence-electron chi connectivity index (χ1n) is 10.7. The molecule has 1 aromatic heterocycles. The fraction of sp³-hybridized carbons (Fsp3) is 0.348. The second-order valence-corrected chi connectivity index (χ2v) is 11.3. The minimum absolute atomic E-state index is 0.131. The number of amides is 1. The van der Waals surface area contributed by atoms with Crippen molar-refractivity contribution in [3.05, 3.63) is 69.9 Å². The molecule has 2 heterocycles. The number of benzene rings is 2. The fourth-order valence-electron chi connectivity index (χ4n) is 3.75. The Labute approximate surface area is 196 Å². The predicted octanol–water partition coefficient (Wildman–Crippen LogP) is 4.62. The van der Waals surface area contributed by atoms with Gasteiger partial charge in [-0.05, 0) is 60.7 Å². The highest BCUT2D eigenvalue weighted by atomic mass is 32.2. The van der Waals surface area contributed by atoms with E-state index in [1.807, 2.05) is 12.1 Å². The van der Waals surface area contributed by atoms with Crippen molar-refractivity contribution in [3.63, 3.8) is 0 Å². The monoisotopic (exact) mass is 488 g/mol. The van der Waals surface area contributed by atoms with Crippen LogP contribution in [0.3, 0.4) is 0 Å². The van der Waals surface area contributed by atoms with Crippen molar-refractivity contribution in [1.82, 2.24) is 14.5 Å². The summed E-state index contributed by atoms with van der Waals surface area (Å²) in [6.07, 6.45) is 1.47. The molecule has 1 amide bonds. The lowest BCUT2D eigenvalue weighted by atomic mass is 10.0. The summed E-state index contributed by atoms with van der Waals surface area (Å²) in [4.78, 5) is 12.8. The number of anilines is 1. The molecule has 1 aliphatic rings. The smallest absolute Gasteiger partial charge is 0.286 e. The third-order valence-corrected chi connectivity index (χ3v) is 8.62. The molecule has 0 spiro atoms. The average molecular weight is 489 g/mol. The quantitative estimate of drug-likeness (QED) is 0.547. The highest BCUT2D eigenvalue weighted by molar-refractivity contribution is 7.89. The highest BCUT2D eigenvalue weighted by Crippen LogP contribution is 2.32. The lowest BCUT2D eigenvalue weighted by Crippen LogP contribution is -2.39. The summed E-state index contributed by atoms with van der Waals surface area (Å²) < 4.78 is 40.9. The van der Waals surface area contributed by atoms with Gasteiger partial charge in [-0.2, -0.15) is 4.31 Å². The summed E-state index contributed by atoms with van der Waals surface area (Å²) >= 11 is 1.15. The molecule has 1 fully saturated rings. The zero-order valence-corrected chi connectivity index (χ0v) is 20.0. The van der Waals surface area contributed by atoms with E-state index in [1.165, 1.54) is 28.6 Å². The van der Waals surface area contributed by atoms with Crippen molar-refractivity contribution in [2.24, 2.45) is 0 Å². The Kier molecular flexibility index (Phi) is 6.87. The van der Waals surface area contributed by atoms with Gasteiger partial charge in [-0.1, -0.05) is 37.3 Å². The Morgan fingerprint density at radius 3 is 2.48 bits per heavy atom. The minimum Gasteiger partial charge on any atom is -0.320 e. The number of piperidine rings is 1. The standard InChI is InChI=1S/C23H25FN4O3S2/c1-15(2)16-5-11-20(12-6-16)33(30,31)28-13-3-4-17(14-28)22-26-27-23(32-22)21(29)25-19-9-7-18(24)8-10-19/h5-12,15,17H,3-4,13-14H2,1-2H3,(H,25,29)/t17-/m0/s1. The number of hydrogen-bond acceptors (Lipinski definition) is 6. The van der Waals surface area contributed by atoms with E-state index in [2.05, 4.69) is 29.4 Å². The van der Waals surface area contributed by atoms with Gasteiger partial charge < -0.3 is 5.32 Å². The van der Waals surface area contributed by atoms with Crippen molar-refractivity contribution in [1.29, 1.82) is 0 Å². The van der Waals surface area contributed by atoms with Crippen LogP contribution < -0.4 is 5.32 Å². The van der Waals surface area contributed by atoms with Crippen LogP contribution in [-0.4, -0.2) is 41.9 Å². The summed E-state index contributed by atoms with van der Waals surface area (Å²) in [5.74, 6) is -0.629. The van der Waals surface area contributed by atoms with E-state index in [1.54, 1.807) is 12.1 Å². The third kappa shape index (κ3) is 5.29. The van der Waals surface area contributed by atoms with Gasteiger partial charge in [0.15, 0.2) is 0 Å². The SMILES string of the molecule is CC(C)c1ccc(S(=O)(=O)N2CCC[C@H](c3nnc(C(=O)Nc4ccc(F)cc4)s3)C2)cc1. The summed E-state index contributed by atoms with van der Waals surface area (Å²) in [6, 6.07) is 12.5. The molecule has 0 bridgehead atoms. The van der Waals surface area contributed by atoms with Gasteiger partial charge in [0.05, 0.1) is 4.90 Å². The van der Waals surface area contributed by atoms with Gasteiger partial charge in [0.2, 0.25) is 15.0 Å². The Hall–Kier alpha value is -2.69. The number of carbonyl (C=O) groups excluding carboxylic acids is 1. The van der Waals surface area contributed by atoms with E-state index in [0.29, 0.717) is 36.1 Å². The van der Waals surface area contributed by atoms with Crippen LogP contribution in [0, 0.1) is 5.82 Å². The van der Waals surface area contributed by atoms with Gasteiger partial charge in [0, 0.05) is 24.7 Å². The number of hydrogen-bond donors (Lipinski definition) is 1. The molecule has 2 aromatic carbocycles. The largest absolute Gasteiger partial charge is 0.320 e. The second kappa shape index (κ2) is 9.66. The Balaban J connectivity index is 1.45. The second-order valence-electron chi connectivity index (χ2n) is 8.33. The van der Waals surface area contributed by atoms with Gasteiger partial charge in [-0.25, -0.2) is 12.8 Å². The van der Waals surface area contributed by atoms with Crippen LogP contribution in [0.15, 0.2) is 53.4 Å². The first kappa shape index (κ1) is 23.5. The number of carbonyl (C=O) groups is 1. The van der Waals surface area contributed by atoms with Crippen molar-refractivity contribution >= 4 is 33.0 Å². The van der Waals surface area contributed by atoms with Gasteiger partial charge in [0.25, 0.3) is 5.91 Å². The predicted molar refractivity (Wildman–Crippen MR) is 126 cm³/mol. The van der Waals surface area contributed by atoms with E-state index in [0.717, 1.165) is 23.3 Å². The molecule has 10 heteroatoms. The third-order valence-electron chi connectivity index (χ3n) is 5.65. The van der Waals surface area contributed by atoms with Gasteiger partial charge in [0.1, 0.15) is 10.8 Å². The lowest BCUT2D eigenvalue weighted by Gasteiger charge is -2.30. The summed E-state index contributed by atoms with van der Waals surface area (Å²) in [6.45, 7) is 4.87. The summed E-state index contributed by atoms with van der Waals surface area (Å²) in [5.41, 5.74) is 1.54. The topological polar surface area (TPSA) is 92.3 Å². The maximum atomic E-state index is 13.2. The molecule has 0 radical (unpaired) electrons. The molecule has 1 atom stereocenters. The van der Waals surface area contributed by atoms with Crippen molar-refractivity contribution < 1.29 is 17.6 Å². The first-order chi connectivity index (χ1) is 15.7. The molecule has 0 saturated carbocycles. The average Bonchev–Trinajstić information content (AvgIpc) is 3.31. The molecule has 33 heavy (non-hydrogen) atoms. The number of halogens is 1. The molecular formula is C23H25FN4O3S2. The molecule has 0 aliphatic carbocycles. The van der Waals surface area contributed by atoms with Gasteiger partial charge in [-0.3, -0.25) is 4.79 Å². The zero-order chi connectivity index (χ0) is 23.6. The van der Waals surface area contributed by atoms with Gasteiger partial charge in [-0.15, -0.1) is 10.2 Å². The van der Waals surface area contributed by atoms with Crippen LogP contribution in [0.5, 0.6) is 0 Å². The van der Waals surface area contributed by atoms with Crippen LogP contribution in [0.25, 0.3) is 0 Å². The van der Waals surface area contributed by atoms with Crippen LogP contribution >= 0.6 is 11.3 Å². The van der Waals surface area contributed by atoms with Crippen LogP contribution in [-0.2, 0) is 10.0 Å². The normalized spacial score (nSPS) is 17.3. The summed E-state index contributed by atoms with van der Waals surface area (Å²) in [7, 11) is -3.62. The molecule has 7 nitrogen and oxygen atoms in total. The zero-order valence-electron chi connectivity index (χ0n) is 18.4. The number of nitrogens with zero attached hydrogens (tertiary/aromatic N) is 3. The molecule has 3 aromatic rings. The van der Waals surface area contributed by atoms with E-state index in [-0.39, 0.29) is 21.6 Å². The van der Waals surface area contributed by atoms with Crippen molar-refractivity contribution in [3.8, 4) is 0 Å². The van der Waals surface area contributed by atoms with Crippen LogP contribution in [0.2, 0.25) is 0 Å².